The van der Waals surface area contributed by atoms with Crippen LogP contribution in [-0.2, 0) is 15.1 Å². The average Bonchev–Trinajstić information content (AvgIpc) is 3.16. The van der Waals surface area contributed by atoms with Crippen molar-refractivity contribution < 1.29 is 23.9 Å². The van der Waals surface area contributed by atoms with Crippen LogP contribution in [0, 0.1) is 13.8 Å². The number of nitrogens with zero attached hydrogens (tertiary/aromatic N) is 1. The number of imide groups is 1. The zero-order valence-electron chi connectivity index (χ0n) is 17.5. The van der Waals surface area contributed by atoms with Crippen LogP contribution in [0.25, 0.3) is 0 Å². The first-order chi connectivity index (χ1) is 14.3. The lowest BCUT2D eigenvalue weighted by atomic mass is 9.87. The Morgan fingerprint density at radius 1 is 1.03 bits per heavy atom. The minimum Gasteiger partial charge on any atom is -0.462 e. The van der Waals surface area contributed by atoms with Gasteiger partial charge in [0.05, 0.1) is 24.3 Å². The van der Waals surface area contributed by atoms with Gasteiger partial charge in [-0.3, -0.25) is 14.5 Å². The van der Waals surface area contributed by atoms with Crippen LogP contribution in [0.15, 0.2) is 30.3 Å². The van der Waals surface area contributed by atoms with Crippen molar-refractivity contribution in [2.45, 2.75) is 39.7 Å². The van der Waals surface area contributed by atoms with Gasteiger partial charge >= 0.3 is 12.0 Å². The van der Waals surface area contributed by atoms with Crippen molar-refractivity contribution in [2.75, 3.05) is 13.2 Å². The van der Waals surface area contributed by atoms with E-state index in [1.165, 1.54) is 0 Å². The highest BCUT2D eigenvalue weighted by Crippen LogP contribution is 2.32. The topological polar surface area (TPSA) is 109 Å². The van der Waals surface area contributed by atoms with Crippen LogP contribution in [0.3, 0.4) is 0 Å². The van der Waals surface area contributed by atoms with E-state index in [0.717, 1.165) is 4.90 Å². The lowest BCUT2D eigenvalue weighted by molar-refractivity contribution is -0.131. The van der Waals surface area contributed by atoms with E-state index in [2.05, 4.69) is 10.3 Å². The number of benzene rings is 1. The predicted molar refractivity (Wildman–Crippen MR) is 109 cm³/mol. The van der Waals surface area contributed by atoms with Gasteiger partial charge in [-0.2, -0.15) is 0 Å². The summed E-state index contributed by atoms with van der Waals surface area (Å²) in [6, 6.07) is 8.30. The van der Waals surface area contributed by atoms with Crippen LogP contribution in [0.4, 0.5) is 4.79 Å². The molecule has 1 saturated heterocycles. The van der Waals surface area contributed by atoms with E-state index in [1.54, 1.807) is 52.0 Å². The third-order valence-corrected chi connectivity index (χ3v) is 5.41. The van der Waals surface area contributed by atoms with Crippen molar-refractivity contribution in [3.05, 3.63) is 58.4 Å². The van der Waals surface area contributed by atoms with E-state index in [-0.39, 0.29) is 17.7 Å². The van der Waals surface area contributed by atoms with Gasteiger partial charge in [-0.25, -0.2) is 9.59 Å². The molecule has 1 aromatic carbocycles. The fraction of sp³-hybridized carbons (Fsp3) is 0.364. The van der Waals surface area contributed by atoms with Crippen molar-refractivity contribution >= 4 is 23.7 Å². The Hall–Kier alpha value is -3.42. The highest BCUT2D eigenvalue weighted by molar-refractivity contribution is 6.14. The molecule has 0 spiro atoms. The van der Waals surface area contributed by atoms with Crippen LogP contribution >= 0.6 is 0 Å². The second kappa shape index (κ2) is 8.14. The summed E-state index contributed by atoms with van der Waals surface area (Å²) >= 11 is 0. The molecule has 2 heterocycles. The third-order valence-electron chi connectivity index (χ3n) is 5.41. The maximum Gasteiger partial charge on any atom is 0.340 e. The number of carbonyl (C=O) groups is 4. The van der Waals surface area contributed by atoms with Crippen LogP contribution in [0.5, 0.6) is 0 Å². The van der Waals surface area contributed by atoms with Gasteiger partial charge in [0.25, 0.3) is 5.91 Å². The second-order valence-electron chi connectivity index (χ2n) is 7.22. The summed E-state index contributed by atoms with van der Waals surface area (Å²) in [6.45, 7) is 6.50. The number of amides is 3. The maximum atomic E-state index is 13.2. The number of urea groups is 1. The third kappa shape index (κ3) is 3.38. The number of aromatic amines is 1. The monoisotopic (exact) mass is 411 g/mol. The molecule has 1 fully saturated rings. The van der Waals surface area contributed by atoms with Gasteiger partial charge < -0.3 is 15.0 Å². The standard InChI is InChI=1S/C22H25N3O5/c1-5-22(15-10-8-7-9-11-15)20(28)25(21(29)24-22)12-16(26)17-13(3)23-14(4)18(17)19(27)30-6-2/h7-11,23H,5-6,12H2,1-4H3,(H,24,29)/t22-/m0/s1. The van der Waals surface area contributed by atoms with Crippen molar-refractivity contribution in [2.24, 2.45) is 0 Å². The number of ether oxygens (including phenoxy) is 1. The second-order valence-corrected chi connectivity index (χ2v) is 7.22. The van der Waals surface area contributed by atoms with Gasteiger partial charge in [0.2, 0.25) is 0 Å². The van der Waals surface area contributed by atoms with Crippen LogP contribution < -0.4 is 5.32 Å². The summed E-state index contributed by atoms with van der Waals surface area (Å²) in [5, 5.41) is 2.75. The minimum atomic E-state index is -1.22. The molecule has 0 radical (unpaired) electrons. The average molecular weight is 411 g/mol. The maximum absolute atomic E-state index is 13.2. The van der Waals surface area contributed by atoms with Crippen molar-refractivity contribution in [1.82, 2.24) is 15.2 Å². The van der Waals surface area contributed by atoms with E-state index in [9.17, 15) is 19.2 Å². The first-order valence-electron chi connectivity index (χ1n) is 9.85. The summed E-state index contributed by atoms with van der Waals surface area (Å²) in [5.41, 5.74) is 0.695. The zero-order chi connectivity index (χ0) is 22.1. The number of hydrogen-bond donors (Lipinski definition) is 2. The Morgan fingerprint density at radius 2 is 1.67 bits per heavy atom. The summed E-state index contributed by atoms with van der Waals surface area (Å²) in [4.78, 5) is 55.2. The molecule has 3 rings (SSSR count). The first-order valence-corrected chi connectivity index (χ1v) is 9.85. The molecule has 1 aromatic heterocycles. The number of hydrogen-bond acceptors (Lipinski definition) is 5. The molecule has 8 heteroatoms. The Kier molecular flexibility index (Phi) is 5.78. The SMILES string of the molecule is CCOC(=O)c1c(C)[nH]c(C)c1C(=O)CN1C(=O)N[C@@](CC)(c2ccccc2)C1=O. The van der Waals surface area contributed by atoms with E-state index >= 15 is 0 Å². The van der Waals surface area contributed by atoms with Gasteiger partial charge in [0.1, 0.15) is 5.54 Å². The number of nitrogens with one attached hydrogen (secondary N) is 2. The minimum absolute atomic E-state index is 0.135. The molecule has 158 valence electrons. The summed E-state index contributed by atoms with van der Waals surface area (Å²) in [5.74, 6) is -1.62. The van der Waals surface area contributed by atoms with Crippen LogP contribution in [-0.4, -0.2) is 46.7 Å². The number of H-pyrrole nitrogens is 1. The van der Waals surface area contributed by atoms with Crippen molar-refractivity contribution in [3.8, 4) is 0 Å². The molecule has 1 aliphatic heterocycles. The number of rotatable bonds is 7. The summed E-state index contributed by atoms with van der Waals surface area (Å²) in [6.07, 6.45) is 0.336. The molecule has 1 aliphatic rings. The van der Waals surface area contributed by atoms with Crippen LogP contribution in [0.1, 0.15) is 57.9 Å². The molecule has 8 nitrogen and oxygen atoms in total. The predicted octanol–water partition coefficient (Wildman–Crippen LogP) is 2.85. The molecule has 0 unspecified atom stereocenters. The first kappa shape index (κ1) is 21.3. The molecule has 2 aromatic rings. The normalized spacial score (nSPS) is 18.5. The lowest BCUT2D eigenvalue weighted by Crippen LogP contribution is -2.43. The smallest absolute Gasteiger partial charge is 0.340 e. The highest BCUT2D eigenvalue weighted by Gasteiger charge is 2.51. The van der Waals surface area contributed by atoms with Gasteiger partial charge in [0, 0.05) is 11.4 Å². The fourth-order valence-corrected chi connectivity index (χ4v) is 3.94. The molecule has 2 N–H and O–H groups in total. The molecule has 0 aliphatic carbocycles. The largest absolute Gasteiger partial charge is 0.462 e. The molecule has 0 saturated carbocycles. The molecular formula is C22H25N3O5. The number of aromatic nitrogens is 1. The molecule has 1 atom stereocenters. The molecule has 30 heavy (non-hydrogen) atoms. The van der Waals surface area contributed by atoms with E-state index < -0.39 is 35.8 Å². The quantitative estimate of drug-likeness (QED) is 0.414. The Morgan fingerprint density at radius 3 is 2.27 bits per heavy atom. The Labute approximate surface area is 174 Å². The number of esters is 1. The van der Waals surface area contributed by atoms with E-state index in [0.29, 0.717) is 23.4 Å². The number of ketones is 1. The highest BCUT2D eigenvalue weighted by atomic mass is 16.5. The lowest BCUT2D eigenvalue weighted by Gasteiger charge is -2.25. The van der Waals surface area contributed by atoms with Crippen LogP contribution in [0.2, 0.25) is 0 Å². The van der Waals surface area contributed by atoms with Gasteiger partial charge in [-0.15, -0.1) is 0 Å². The van der Waals surface area contributed by atoms with Gasteiger partial charge in [-0.05, 0) is 32.8 Å². The number of Topliss-reactive ketones (excluding diaryl/α,β-unsaturated/α-hetero) is 1. The summed E-state index contributed by atoms with van der Waals surface area (Å²) in [7, 11) is 0. The number of carbonyl (C=O) groups excluding carboxylic acids is 4. The van der Waals surface area contributed by atoms with Crippen molar-refractivity contribution in [3.63, 3.8) is 0 Å². The van der Waals surface area contributed by atoms with E-state index in [4.69, 9.17) is 4.74 Å². The Balaban J connectivity index is 1.93. The number of aryl methyl sites for hydroxylation is 2. The fourth-order valence-electron chi connectivity index (χ4n) is 3.94. The van der Waals surface area contributed by atoms with Gasteiger partial charge in [-0.1, -0.05) is 37.3 Å². The Bertz CT molecular complexity index is 1010. The zero-order valence-corrected chi connectivity index (χ0v) is 17.5. The molecular weight excluding hydrogens is 386 g/mol. The van der Waals surface area contributed by atoms with Gasteiger partial charge in [0.15, 0.2) is 5.78 Å². The molecule has 0 bridgehead atoms. The van der Waals surface area contributed by atoms with E-state index in [1.807, 2.05) is 6.07 Å². The van der Waals surface area contributed by atoms with Crippen molar-refractivity contribution in [1.29, 1.82) is 0 Å². The summed E-state index contributed by atoms with van der Waals surface area (Å²) < 4.78 is 5.06. The molecule has 3 amide bonds.